The van der Waals surface area contributed by atoms with Gasteiger partial charge in [0.1, 0.15) is 11.7 Å². The van der Waals surface area contributed by atoms with E-state index < -0.39 is 17.8 Å². The van der Waals surface area contributed by atoms with Crippen LogP contribution in [0.2, 0.25) is 0 Å². The Kier molecular flexibility index (Phi) is 6.92. The van der Waals surface area contributed by atoms with Crippen LogP contribution < -0.4 is 5.32 Å². The molecule has 1 spiro atoms. The number of rotatable bonds is 3. The minimum atomic E-state index is -1.04. The van der Waals surface area contributed by atoms with Gasteiger partial charge in [0.15, 0.2) is 0 Å². The number of aryl methyl sites for hydroxylation is 1. The lowest BCUT2D eigenvalue weighted by Crippen LogP contribution is -2.64. The van der Waals surface area contributed by atoms with Crippen molar-refractivity contribution in [2.24, 2.45) is 45.8 Å². The van der Waals surface area contributed by atoms with Crippen LogP contribution in [0.25, 0.3) is 0 Å². The molecule has 0 saturated heterocycles. The van der Waals surface area contributed by atoms with Crippen molar-refractivity contribution in [2.75, 3.05) is 23.9 Å². The fraction of sp³-hybridized carbons (Fsp3) is 0.765. The van der Waals surface area contributed by atoms with Crippen LogP contribution in [0, 0.1) is 45.8 Å². The average molecular weight is 600 g/mol. The standard InChI is InChI=1S/C34H49NO4S2/c1-6-21-8-7-20-11-22-15-33(16-23(22)17-40-41-18-27(19(2)36)35-26(21)12-20)10-9-24-13-25-30-28(37)14-29(39-5)34(30,38)31(24,3)32(25,33)4/h7-8,12,14,19,22-25,27,29-30,35-38H,6,9-11,13,15-18H2,1-5H3. The van der Waals surface area contributed by atoms with Crippen molar-refractivity contribution in [3.8, 4) is 0 Å². The highest BCUT2D eigenvalue weighted by molar-refractivity contribution is 8.76. The average Bonchev–Trinajstić information content (AvgIpc) is 3.52. The number of anilines is 1. The van der Waals surface area contributed by atoms with Gasteiger partial charge in [0.25, 0.3) is 0 Å². The van der Waals surface area contributed by atoms with Crippen LogP contribution in [0.1, 0.15) is 70.9 Å². The van der Waals surface area contributed by atoms with Gasteiger partial charge in [-0.25, -0.2) is 0 Å². The first-order valence-electron chi connectivity index (χ1n) is 16.0. The van der Waals surface area contributed by atoms with Gasteiger partial charge < -0.3 is 25.4 Å². The summed E-state index contributed by atoms with van der Waals surface area (Å²) in [5.74, 6) is 4.15. The minimum Gasteiger partial charge on any atom is -0.512 e. The molecular weight excluding hydrogens is 551 g/mol. The largest absolute Gasteiger partial charge is 0.512 e. The van der Waals surface area contributed by atoms with Crippen molar-refractivity contribution in [3.05, 3.63) is 41.2 Å². The van der Waals surface area contributed by atoms with Gasteiger partial charge in [-0.05, 0) is 110 Å². The third kappa shape index (κ3) is 3.62. The molecule has 7 heteroatoms. The lowest BCUT2D eigenvalue weighted by molar-refractivity contribution is -0.218. The molecular formula is C34H49NO4S2. The molecule has 4 N–H and O–H groups in total. The van der Waals surface area contributed by atoms with E-state index in [1.165, 1.54) is 42.5 Å². The lowest BCUT2D eigenvalue weighted by Gasteiger charge is -2.61. The molecule has 6 bridgehead atoms. The zero-order chi connectivity index (χ0) is 28.9. The molecule has 6 aliphatic rings. The first-order chi connectivity index (χ1) is 19.5. The number of nitrogens with one attached hydrogen (secondary N) is 1. The molecule has 1 heterocycles. The Morgan fingerprint density at radius 3 is 2.61 bits per heavy atom. The quantitative estimate of drug-likeness (QED) is 0.290. The van der Waals surface area contributed by atoms with Crippen molar-refractivity contribution in [3.63, 3.8) is 0 Å². The van der Waals surface area contributed by atoms with Crippen LogP contribution in [0.5, 0.6) is 0 Å². The SMILES string of the molecule is CCc1ccc2cc1NC(C(C)O)CSSCC1CC3(CCC4CC5C6C(O)=CC(OC)C6(O)C4(C)C53C)CC1C2. The Morgan fingerprint density at radius 1 is 1.12 bits per heavy atom. The first kappa shape index (κ1) is 28.9. The zero-order valence-corrected chi connectivity index (χ0v) is 27.0. The lowest BCUT2D eigenvalue weighted by atomic mass is 9.44. The number of ether oxygens (including phenoxy) is 1. The van der Waals surface area contributed by atoms with E-state index in [0.717, 1.165) is 30.8 Å². The van der Waals surface area contributed by atoms with Gasteiger partial charge in [-0.1, -0.05) is 54.5 Å². The second-order valence-corrected chi connectivity index (χ2v) is 17.4. The topological polar surface area (TPSA) is 82.0 Å². The molecule has 4 saturated carbocycles. The van der Waals surface area contributed by atoms with Crippen molar-refractivity contribution in [1.29, 1.82) is 0 Å². The van der Waals surface area contributed by atoms with Crippen LogP contribution in [0.15, 0.2) is 30.0 Å². The smallest absolute Gasteiger partial charge is 0.111 e. The molecule has 41 heavy (non-hydrogen) atoms. The van der Waals surface area contributed by atoms with Gasteiger partial charge in [0.2, 0.25) is 0 Å². The Balaban J connectivity index is 1.26. The molecule has 5 nitrogen and oxygen atoms in total. The number of benzene rings is 1. The number of aliphatic hydroxyl groups is 3. The first-order valence-corrected chi connectivity index (χ1v) is 18.5. The number of fused-ring (bicyclic) bond motifs is 5. The fourth-order valence-electron chi connectivity index (χ4n) is 11.8. The predicted octanol–water partition coefficient (Wildman–Crippen LogP) is 6.63. The molecule has 1 aliphatic heterocycles. The van der Waals surface area contributed by atoms with Crippen LogP contribution in [-0.4, -0.2) is 57.8 Å². The molecule has 0 amide bonds. The van der Waals surface area contributed by atoms with Crippen LogP contribution in [0.4, 0.5) is 5.69 Å². The molecule has 1 aromatic rings. The Labute approximate surface area is 254 Å². The molecule has 1 aromatic carbocycles. The summed E-state index contributed by atoms with van der Waals surface area (Å²) in [5.41, 5.74) is 2.68. The van der Waals surface area contributed by atoms with E-state index in [-0.39, 0.29) is 34.1 Å². The molecule has 0 radical (unpaired) electrons. The van der Waals surface area contributed by atoms with Gasteiger partial charge in [-0.15, -0.1) is 0 Å². The summed E-state index contributed by atoms with van der Waals surface area (Å²) >= 11 is 0. The van der Waals surface area contributed by atoms with Crippen molar-refractivity contribution in [2.45, 2.75) is 96.5 Å². The van der Waals surface area contributed by atoms with E-state index in [0.29, 0.717) is 23.5 Å². The molecule has 4 fully saturated rings. The highest BCUT2D eigenvalue weighted by Crippen LogP contribution is 2.87. The van der Waals surface area contributed by atoms with E-state index in [1.54, 1.807) is 7.11 Å². The molecule has 5 aliphatic carbocycles. The molecule has 226 valence electrons. The number of hydrogen-bond donors (Lipinski definition) is 4. The molecule has 12 unspecified atom stereocenters. The van der Waals surface area contributed by atoms with E-state index >= 15 is 0 Å². The Hall–Kier alpha value is -0.860. The molecule has 12 atom stereocenters. The monoisotopic (exact) mass is 599 g/mol. The maximum atomic E-state index is 12.7. The van der Waals surface area contributed by atoms with Crippen LogP contribution in [-0.2, 0) is 17.6 Å². The van der Waals surface area contributed by atoms with E-state index in [1.807, 2.05) is 34.6 Å². The summed E-state index contributed by atoms with van der Waals surface area (Å²) < 4.78 is 5.91. The third-order valence-corrected chi connectivity index (χ3v) is 16.4. The van der Waals surface area contributed by atoms with Crippen molar-refractivity contribution < 1.29 is 20.1 Å². The van der Waals surface area contributed by atoms with Crippen LogP contribution in [0.3, 0.4) is 0 Å². The predicted molar refractivity (Wildman–Crippen MR) is 169 cm³/mol. The van der Waals surface area contributed by atoms with Crippen molar-refractivity contribution >= 4 is 27.3 Å². The van der Waals surface area contributed by atoms with Gasteiger partial charge in [-0.3, -0.25) is 0 Å². The molecule has 7 rings (SSSR count). The second kappa shape index (κ2) is 9.82. The Bertz CT molecular complexity index is 1240. The minimum absolute atomic E-state index is 0.0241. The summed E-state index contributed by atoms with van der Waals surface area (Å²) in [6.45, 7) is 9.01. The highest BCUT2D eigenvalue weighted by Gasteiger charge is 2.87. The number of aliphatic hydroxyl groups excluding tert-OH is 2. The maximum absolute atomic E-state index is 12.7. The maximum Gasteiger partial charge on any atom is 0.111 e. The summed E-state index contributed by atoms with van der Waals surface area (Å²) in [5, 5.41) is 38.2. The van der Waals surface area contributed by atoms with Gasteiger partial charge in [0.05, 0.1) is 23.8 Å². The molecule has 0 aromatic heterocycles. The van der Waals surface area contributed by atoms with E-state index in [4.69, 9.17) is 4.74 Å². The number of methoxy groups -OCH3 is 1. The van der Waals surface area contributed by atoms with E-state index in [9.17, 15) is 15.3 Å². The summed E-state index contributed by atoms with van der Waals surface area (Å²) in [6.07, 6.45) is 8.95. The fourth-order valence-corrected chi connectivity index (χ4v) is 14.6. The summed E-state index contributed by atoms with van der Waals surface area (Å²) in [4.78, 5) is 0. The van der Waals surface area contributed by atoms with Crippen molar-refractivity contribution in [1.82, 2.24) is 0 Å². The normalized spacial score (nSPS) is 49.0. The van der Waals surface area contributed by atoms with E-state index in [2.05, 4.69) is 44.3 Å². The Morgan fingerprint density at radius 2 is 1.88 bits per heavy atom. The van der Waals surface area contributed by atoms with Crippen LogP contribution >= 0.6 is 21.6 Å². The van der Waals surface area contributed by atoms with Gasteiger partial charge in [-0.2, -0.15) is 0 Å². The van der Waals surface area contributed by atoms with Gasteiger partial charge in [0, 0.05) is 29.7 Å². The summed E-state index contributed by atoms with van der Waals surface area (Å²) in [6, 6.07) is 7.03. The summed E-state index contributed by atoms with van der Waals surface area (Å²) in [7, 11) is 5.59. The number of hydrogen-bond acceptors (Lipinski definition) is 7. The third-order valence-electron chi connectivity index (χ3n) is 13.8. The van der Waals surface area contributed by atoms with Gasteiger partial charge >= 0.3 is 0 Å². The zero-order valence-electron chi connectivity index (χ0n) is 25.4. The highest BCUT2D eigenvalue weighted by atomic mass is 33.1. The second-order valence-electron chi connectivity index (χ2n) is 14.9.